The van der Waals surface area contributed by atoms with Crippen molar-refractivity contribution >= 4 is 11.4 Å². The van der Waals surface area contributed by atoms with Gasteiger partial charge in [0.25, 0.3) is 5.69 Å². The summed E-state index contributed by atoms with van der Waals surface area (Å²) >= 11 is 0. The number of nitro groups is 1. The van der Waals surface area contributed by atoms with Crippen LogP contribution in [0.25, 0.3) is 5.69 Å². The topological polar surface area (TPSA) is 73.3 Å². The van der Waals surface area contributed by atoms with E-state index in [-0.39, 0.29) is 11.3 Å². The number of aromatic nitrogens is 2. The van der Waals surface area contributed by atoms with E-state index in [0.29, 0.717) is 17.8 Å². The van der Waals surface area contributed by atoms with Gasteiger partial charge in [0.15, 0.2) is 0 Å². The Balaban J connectivity index is 1.97. The zero-order valence-corrected chi connectivity index (χ0v) is 13.3. The molecule has 6 nitrogen and oxygen atoms in total. The number of hydrogen-bond acceptors (Lipinski definition) is 4. The molecule has 0 spiro atoms. The Bertz CT molecular complexity index is 1040. The molecule has 0 amide bonds. The largest absolute Gasteiger partial charge is 0.298 e. The minimum Gasteiger partial charge on any atom is -0.298 e. The third-order valence-electron chi connectivity index (χ3n) is 4.23. The highest BCUT2D eigenvalue weighted by Crippen LogP contribution is 2.28. The van der Waals surface area contributed by atoms with Crippen molar-refractivity contribution in [1.29, 1.82) is 0 Å². The molecule has 0 fully saturated rings. The number of fused-ring (bicyclic) bond motifs is 3. The molecule has 1 aromatic heterocycles. The summed E-state index contributed by atoms with van der Waals surface area (Å²) in [5, 5.41) is 11.1. The van der Waals surface area contributed by atoms with E-state index in [4.69, 9.17) is 0 Å². The average molecular weight is 336 g/mol. The number of rotatable bonds is 2. The van der Waals surface area contributed by atoms with Gasteiger partial charge in [0.1, 0.15) is 11.6 Å². The Morgan fingerprint density at radius 2 is 2.00 bits per heavy atom. The van der Waals surface area contributed by atoms with Crippen LogP contribution >= 0.6 is 0 Å². The maximum Gasteiger partial charge on any atom is 0.270 e. The quantitative estimate of drug-likeness (QED) is 0.530. The smallest absolute Gasteiger partial charge is 0.270 e. The summed E-state index contributed by atoms with van der Waals surface area (Å²) in [6, 6.07) is 11.0. The fraction of sp³-hybridized carbons (Fsp3) is 0.111. The molecular weight excluding hydrogens is 323 g/mol. The lowest BCUT2D eigenvalue weighted by Gasteiger charge is -2.13. The molecule has 0 saturated carbocycles. The van der Waals surface area contributed by atoms with Crippen LogP contribution < -0.4 is 0 Å². The van der Waals surface area contributed by atoms with Crippen molar-refractivity contribution in [2.75, 3.05) is 0 Å². The van der Waals surface area contributed by atoms with Gasteiger partial charge in [-0.2, -0.15) is 0 Å². The highest BCUT2D eigenvalue weighted by atomic mass is 19.1. The third kappa shape index (κ3) is 2.40. The molecule has 2 aromatic carbocycles. The van der Waals surface area contributed by atoms with E-state index in [1.54, 1.807) is 6.20 Å². The molecule has 0 radical (unpaired) electrons. The van der Waals surface area contributed by atoms with Crippen LogP contribution in [-0.2, 0) is 6.54 Å². The molecule has 0 saturated heterocycles. The number of hydrogen-bond donors (Lipinski definition) is 0. The number of nitro benzene ring substituents is 1. The number of benzene rings is 2. The van der Waals surface area contributed by atoms with Crippen LogP contribution in [0.2, 0.25) is 0 Å². The van der Waals surface area contributed by atoms with E-state index in [0.717, 1.165) is 29.3 Å². The van der Waals surface area contributed by atoms with Crippen molar-refractivity contribution in [1.82, 2.24) is 9.55 Å². The van der Waals surface area contributed by atoms with Crippen LogP contribution in [0.3, 0.4) is 0 Å². The summed E-state index contributed by atoms with van der Waals surface area (Å²) < 4.78 is 16.4. The number of imidazole rings is 1. The normalized spacial score (nSPS) is 12.8. The van der Waals surface area contributed by atoms with Crippen molar-refractivity contribution in [3.63, 3.8) is 0 Å². The summed E-state index contributed by atoms with van der Waals surface area (Å²) in [4.78, 5) is 19.4. The second-order valence-corrected chi connectivity index (χ2v) is 5.74. The summed E-state index contributed by atoms with van der Waals surface area (Å²) in [5.74, 6) is 0.263. The number of halogens is 1. The van der Waals surface area contributed by atoms with Gasteiger partial charge in [0.2, 0.25) is 0 Å². The van der Waals surface area contributed by atoms with E-state index in [2.05, 4.69) is 9.98 Å². The highest BCUT2D eigenvalue weighted by molar-refractivity contribution is 6.15. The molecular formula is C18H13FN4O2. The van der Waals surface area contributed by atoms with Crippen molar-refractivity contribution in [2.24, 2.45) is 4.99 Å². The van der Waals surface area contributed by atoms with Crippen LogP contribution in [0, 0.1) is 22.9 Å². The number of non-ortho nitro benzene ring substituents is 1. The lowest BCUT2D eigenvalue weighted by atomic mass is 9.99. The maximum atomic E-state index is 14.5. The molecule has 124 valence electrons. The second-order valence-electron chi connectivity index (χ2n) is 5.74. The third-order valence-corrected chi connectivity index (χ3v) is 4.23. The average Bonchev–Trinajstić information content (AvgIpc) is 2.88. The SMILES string of the molecule is Cc1ncc2n1-c1ccccc1C(c1cc([N+](=O)[O-])ccc1F)=NC2. The molecule has 3 aromatic rings. The van der Waals surface area contributed by atoms with Gasteiger partial charge < -0.3 is 0 Å². The molecule has 25 heavy (non-hydrogen) atoms. The molecule has 0 atom stereocenters. The van der Waals surface area contributed by atoms with Gasteiger partial charge in [-0.3, -0.25) is 19.7 Å². The van der Waals surface area contributed by atoms with Crippen LogP contribution in [-0.4, -0.2) is 20.2 Å². The van der Waals surface area contributed by atoms with Crippen LogP contribution in [0.1, 0.15) is 22.6 Å². The first-order valence-electron chi connectivity index (χ1n) is 7.68. The van der Waals surface area contributed by atoms with Crippen LogP contribution in [0.15, 0.2) is 53.7 Å². The number of aliphatic imine (C=N–C) groups is 1. The second kappa shape index (κ2) is 5.62. The summed E-state index contributed by atoms with van der Waals surface area (Å²) in [7, 11) is 0. The molecule has 1 aliphatic rings. The fourth-order valence-electron chi connectivity index (χ4n) is 3.08. The molecule has 0 N–H and O–H groups in total. The van der Waals surface area contributed by atoms with Gasteiger partial charge >= 0.3 is 0 Å². The Hall–Kier alpha value is -3.35. The first-order valence-corrected chi connectivity index (χ1v) is 7.68. The number of nitrogens with zero attached hydrogens (tertiary/aromatic N) is 4. The minimum absolute atomic E-state index is 0.123. The Kier molecular flexibility index (Phi) is 3.42. The van der Waals surface area contributed by atoms with Crippen molar-refractivity contribution in [2.45, 2.75) is 13.5 Å². The summed E-state index contributed by atoms with van der Waals surface area (Å²) in [6.45, 7) is 2.20. The van der Waals surface area contributed by atoms with E-state index in [9.17, 15) is 14.5 Å². The highest BCUT2D eigenvalue weighted by Gasteiger charge is 2.23. The molecule has 0 bridgehead atoms. The van der Waals surface area contributed by atoms with Gasteiger partial charge in [0.05, 0.1) is 34.8 Å². The van der Waals surface area contributed by atoms with Crippen molar-refractivity contribution in [3.05, 3.63) is 87.2 Å². The van der Waals surface area contributed by atoms with E-state index in [1.165, 1.54) is 6.07 Å². The lowest BCUT2D eigenvalue weighted by molar-refractivity contribution is -0.384. The zero-order chi connectivity index (χ0) is 17.6. The minimum atomic E-state index is -0.541. The van der Waals surface area contributed by atoms with Crippen molar-refractivity contribution < 1.29 is 9.31 Å². The summed E-state index contributed by atoms with van der Waals surface area (Å²) in [6.07, 6.45) is 1.74. The zero-order valence-electron chi connectivity index (χ0n) is 13.3. The Morgan fingerprint density at radius 3 is 2.80 bits per heavy atom. The molecule has 1 aliphatic heterocycles. The van der Waals surface area contributed by atoms with Crippen molar-refractivity contribution in [3.8, 4) is 5.69 Å². The molecule has 0 aliphatic carbocycles. The Morgan fingerprint density at radius 1 is 1.20 bits per heavy atom. The molecule has 7 heteroatoms. The van der Waals surface area contributed by atoms with E-state index < -0.39 is 10.7 Å². The number of para-hydroxylation sites is 1. The van der Waals surface area contributed by atoms with Crippen LogP contribution in [0.4, 0.5) is 10.1 Å². The first kappa shape index (κ1) is 15.2. The monoisotopic (exact) mass is 336 g/mol. The fourth-order valence-corrected chi connectivity index (χ4v) is 3.08. The molecule has 0 unspecified atom stereocenters. The number of aryl methyl sites for hydroxylation is 1. The maximum absolute atomic E-state index is 14.5. The first-order chi connectivity index (χ1) is 12.1. The predicted molar refractivity (Wildman–Crippen MR) is 90.7 cm³/mol. The van der Waals surface area contributed by atoms with E-state index in [1.807, 2.05) is 35.8 Å². The van der Waals surface area contributed by atoms with E-state index >= 15 is 0 Å². The lowest BCUT2D eigenvalue weighted by Crippen LogP contribution is -2.10. The van der Waals surface area contributed by atoms with Crippen LogP contribution in [0.5, 0.6) is 0 Å². The standard InChI is InChI=1S/C18H13FN4O2/c1-11-20-9-13-10-21-18(14-4-2-3-5-17(14)22(11)13)15-8-12(23(24)25)6-7-16(15)19/h2-9H,10H2,1H3. The molecule has 2 heterocycles. The predicted octanol–water partition coefficient (Wildman–Crippen LogP) is 3.58. The van der Waals surface area contributed by atoms with Gasteiger partial charge in [0, 0.05) is 23.3 Å². The summed E-state index contributed by atoms with van der Waals surface area (Å²) in [5.41, 5.74) is 2.78. The van der Waals surface area contributed by atoms with Gasteiger partial charge in [-0.15, -0.1) is 0 Å². The van der Waals surface area contributed by atoms with Gasteiger partial charge in [-0.1, -0.05) is 18.2 Å². The van der Waals surface area contributed by atoms with Gasteiger partial charge in [-0.25, -0.2) is 9.37 Å². The molecule has 4 rings (SSSR count). The van der Waals surface area contributed by atoms with Gasteiger partial charge in [-0.05, 0) is 19.1 Å². The Labute approximate surface area is 142 Å².